The summed E-state index contributed by atoms with van der Waals surface area (Å²) in [6.07, 6.45) is 10.8. The molecule has 1 aliphatic rings. The van der Waals surface area contributed by atoms with Gasteiger partial charge in [0.05, 0.1) is 19.4 Å². The van der Waals surface area contributed by atoms with Crippen molar-refractivity contribution >= 4 is 5.91 Å². The molecule has 0 aromatic carbocycles. The Morgan fingerprint density at radius 2 is 2.14 bits per heavy atom. The van der Waals surface area contributed by atoms with Crippen molar-refractivity contribution in [2.45, 2.75) is 45.6 Å². The van der Waals surface area contributed by atoms with Gasteiger partial charge in [-0.1, -0.05) is 6.92 Å². The second kappa shape index (κ2) is 7.59. The number of imidazole rings is 1. The van der Waals surface area contributed by atoms with E-state index in [-0.39, 0.29) is 5.91 Å². The number of ether oxygens (including phenoxy) is 1. The Morgan fingerprint density at radius 1 is 1.38 bits per heavy atom. The van der Waals surface area contributed by atoms with Crippen LogP contribution in [0.3, 0.4) is 0 Å². The van der Waals surface area contributed by atoms with Crippen LogP contribution < -0.4 is 0 Å². The number of nitrogens with zero attached hydrogens (tertiary/aromatic N) is 3. The van der Waals surface area contributed by atoms with E-state index in [4.69, 9.17) is 4.74 Å². The minimum absolute atomic E-state index is 0.234. The number of carbonyl (C=O) groups is 1. The number of amides is 1. The number of methoxy groups -OCH3 is 1. The molecule has 5 nitrogen and oxygen atoms in total. The lowest BCUT2D eigenvalue weighted by Crippen LogP contribution is -2.42. The highest BCUT2D eigenvalue weighted by Gasteiger charge is 2.31. The zero-order valence-electron chi connectivity index (χ0n) is 13.3. The molecule has 118 valence electrons. The first kappa shape index (κ1) is 16.0. The molecular formula is C16H27N3O2. The van der Waals surface area contributed by atoms with Crippen LogP contribution in [0, 0.1) is 5.41 Å². The van der Waals surface area contributed by atoms with E-state index in [0.29, 0.717) is 18.4 Å². The predicted octanol–water partition coefficient (Wildman–Crippen LogP) is 2.33. The van der Waals surface area contributed by atoms with Gasteiger partial charge in [-0.05, 0) is 31.1 Å². The SMILES string of the molecule is COCCC(=O)N1CCC(C)(CCCn2ccnc2)CC1. The van der Waals surface area contributed by atoms with Crippen molar-refractivity contribution < 1.29 is 9.53 Å². The van der Waals surface area contributed by atoms with Crippen molar-refractivity contribution in [2.75, 3.05) is 26.8 Å². The van der Waals surface area contributed by atoms with Crippen molar-refractivity contribution in [1.82, 2.24) is 14.5 Å². The normalized spacial score (nSPS) is 17.9. The highest BCUT2D eigenvalue weighted by Crippen LogP contribution is 2.35. The first-order valence-corrected chi connectivity index (χ1v) is 7.85. The monoisotopic (exact) mass is 293 g/mol. The van der Waals surface area contributed by atoms with Crippen LogP contribution in [0.25, 0.3) is 0 Å². The van der Waals surface area contributed by atoms with Gasteiger partial charge < -0.3 is 14.2 Å². The second-order valence-electron chi connectivity index (χ2n) is 6.34. The molecule has 5 heteroatoms. The number of rotatable bonds is 7. The summed E-state index contributed by atoms with van der Waals surface area (Å²) in [5.41, 5.74) is 0.374. The van der Waals surface area contributed by atoms with Gasteiger partial charge in [-0.15, -0.1) is 0 Å². The van der Waals surface area contributed by atoms with Gasteiger partial charge >= 0.3 is 0 Å². The van der Waals surface area contributed by atoms with E-state index >= 15 is 0 Å². The molecule has 0 aliphatic carbocycles. The van der Waals surface area contributed by atoms with E-state index in [2.05, 4.69) is 16.5 Å². The first-order valence-electron chi connectivity index (χ1n) is 7.85. The summed E-state index contributed by atoms with van der Waals surface area (Å²) in [6.45, 7) is 5.70. The Morgan fingerprint density at radius 3 is 2.76 bits per heavy atom. The minimum atomic E-state index is 0.234. The lowest BCUT2D eigenvalue weighted by Gasteiger charge is -2.39. The molecule has 0 atom stereocenters. The topological polar surface area (TPSA) is 47.4 Å². The maximum Gasteiger partial charge on any atom is 0.224 e. The number of piperidine rings is 1. The Balaban J connectivity index is 1.70. The molecule has 0 saturated carbocycles. The van der Waals surface area contributed by atoms with Gasteiger partial charge in [-0.25, -0.2) is 4.98 Å². The number of likely N-dealkylation sites (tertiary alicyclic amines) is 1. The smallest absolute Gasteiger partial charge is 0.224 e. The maximum absolute atomic E-state index is 12.0. The third-order valence-corrected chi connectivity index (χ3v) is 4.60. The zero-order chi connectivity index (χ0) is 15.1. The lowest BCUT2D eigenvalue weighted by molar-refractivity contribution is -0.134. The third-order valence-electron chi connectivity index (χ3n) is 4.60. The molecule has 0 bridgehead atoms. The van der Waals surface area contributed by atoms with Crippen LogP contribution in [-0.2, 0) is 16.1 Å². The Hall–Kier alpha value is -1.36. The molecule has 21 heavy (non-hydrogen) atoms. The maximum atomic E-state index is 12.0. The van der Waals surface area contributed by atoms with Gasteiger partial charge in [-0.3, -0.25) is 4.79 Å². The van der Waals surface area contributed by atoms with E-state index < -0.39 is 0 Å². The summed E-state index contributed by atoms with van der Waals surface area (Å²) in [4.78, 5) is 18.0. The third kappa shape index (κ3) is 4.84. The summed E-state index contributed by atoms with van der Waals surface area (Å²) in [6, 6.07) is 0. The van der Waals surface area contributed by atoms with E-state index in [1.165, 1.54) is 12.8 Å². The number of hydrogen-bond acceptors (Lipinski definition) is 3. The fraction of sp³-hybridized carbons (Fsp3) is 0.750. The van der Waals surface area contributed by atoms with Crippen molar-refractivity contribution in [3.05, 3.63) is 18.7 Å². The van der Waals surface area contributed by atoms with Crippen LogP contribution >= 0.6 is 0 Å². The fourth-order valence-corrected chi connectivity index (χ4v) is 3.00. The summed E-state index contributed by atoms with van der Waals surface area (Å²) >= 11 is 0. The molecule has 0 radical (unpaired) electrons. The van der Waals surface area contributed by atoms with Crippen LogP contribution in [0.5, 0.6) is 0 Å². The van der Waals surface area contributed by atoms with Crippen LogP contribution in [0.1, 0.15) is 39.0 Å². The molecule has 2 rings (SSSR count). The largest absolute Gasteiger partial charge is 0.384 e. The van der Waals surface area contributed by atoms with Crippen LogP contribution in [0.4, 0.5) is 0 Å². The molecule has 0 spiro atoms. The highest BCUT2D eigenvalue weighted by atomic mass is 16.5. The number of aryl methyl sites for hydroxylation is 1. The minimum Gasteiger partial charge on any atom is -0.384 e. The molecule has 1 fully saturated rings. The van der Waals surface area contributed by atoms with E-state index in [1.807, 2.05) is 23.6 Å². The average molecular weight is 293 g/mol. The molecule has 1 aliphatic heterocycles. The Bertz CT molecular complexity index is 423. The molecule has 1 aromatic rings. The lowest BCUT2D eigenvalue weighted by atomic mass is 9.76. The Labute approximate surface area is 127 Å². The molecule has 1 saturated heterocycles. The van der Waals surface area contributed by atoms with Gasteiger partial charge in [0, 0.05) is 39.1 Å². The van der Waals surface area contributed by atoms with E-state index in [1.54, 1.807) is 7.11 Å². The summed E-state index contributed by atoms with van der Waals surface area (Å²) < 4.78 is 7.11. The van der Waals surface area contributed by atoms with Crippen molar-refractivity contribution in [3.63, 3.8) is 0 Å². The van der Waals surface area contributed by atoms with E-state index in [0.717, 1.165) is 32.5 Å². The number of hydrogen-bond donors (Lipinski definition) is 0. The highest BCUT2D eigenvalue weighted by molar-refractivity contribution is 5.76. The summed E-state index contributed by atoms with van der Waals surface area (Å²) in [7, 11) is 1.64. The Kier molecular flexibility index (Phi) is 5.79. The van der Waals surface area contributed by atoms with Crippen molar-refractivity contribution in [2.24, 2.45) is 5.41 Å². The van der Waals surface area contributed by atoms with Gasteiger partial charge in [-0.2, -0.15) is 0 Å². The first-order chi connectivity index (χ1) is 10.1. The van der Waals surface area contributed by atoms with Crippen LogP contribution in [0.2, 0.25) is 0 Å². The average Bonchev–Trinajstić information content (AvgIpc) is 2.98. The zero-order valence-corrected chi connectivity index (χ0v) is 13.3. The standard InChI is InChI=1S/C16H27N3O2/c1-16(5-3-9-18-12-8-17-14-18)6-10-19(11-7-16)15(20)4-13-21-2/h8,12,14H,3-7,9-11,13H2,1-2H3. The van der Waals surface area contributed by atoms with Crippen molar-refractivity contribution in [1.29, 1.82) is 0 Å². The van der Waals surface area contributed by atoms with Gasteiger partial charge in [0.25, 0.3) is 0 Å². The summed E-state index contributed by atoms with van der Waals surface area (Å²) in [5, 5.41) is 0. The second-order valence-corrected chi connectivity index (χ2v) is 6.34. The fourth-order valence-electron chi connectivity index (χ4n) is 3.00. The van der Waals surface area contributed by atoms with E-state index in [9.17, 15) is 4.79 Å². The summed E-state index contributed by atoms with van der Waals surface area (Å²) in [5.74, 6) is 0.234. The predicted molar refractivity (Wildman–Crippen MR) is 81.9 cm³/mol. The molecule has 2 heterocycles. The molecule has 1 amide bonds. The molecule has 0 N–H and O–H groups in total. The van der Waals surface area contributed by atoms with Gasteiger partial charge in [0.1, 0.15) is 0 Å². The quantitative estimate of drug-likeness (QED) is 0.775. The molecule has 0 unspecified atom stereocenters. The van der Waals surface area contributed by atoms with Gasteiger partial charge in [0.2, 0.25) is 5.91 Å². The van der Waals surface area contributed by atoms with Crippen LogP contribution in [0.15, 0.2) is 18.7 Å². The number of aromatic nitrogens is 2. The molecule has 1 aromatic heterocycles. The van der Waals surface area contributed by atoms with Gasteiger partial charge in [0.15, 0.2) is 0 Å². The molecular weight excluding hydrogens is 266 g/mol. The van der Waals surface area contributed by atoms with Crippen LogP contribution in [-0.4, -0.2) is 47.2 Å². The van der Waals surface area contributed by atoms with Crippen molar-refractivity contribution in [3.8, 4) is 0 Å². The number of carbonyl (C=O) groups excluding carboxylic acids is 1.